The van der Waals surface area contributed by atoms with Crippen LogP contribution in [0.1, 0.15) is 11.1 Å². The van der Waals surface area contributed by atoms with E-state index in [2.05, 4.69) is 0 Å². The number of nitrogens with two attached hydrogens (primary N) is 1. The van der Waals surface area contributed by atoms with Gasteiger partial charge in [-0.25, -0.2) is 4.39 Å². The fourth-order valence-corrected chi connectivity index (χ4v) is 1.62. The molecule has 2 aromatic rings. The highest BCUT2D eigenvalue weighted by molar-refractivity contribution is 5.48. The lowest BCUT2D eigenvalue weighted by Gasteiger charge is -2.08. The van der Waals surface area contributed by atoms with E-state index >= 15 is 0 Å². The highest BCUT2D eigenvalue weighted by Gasteiger charge is 2.06. The first-order chi connectivity index (χ1) is 8.58. The topological polar surface area (TPSA) is 59.0 Å². The largest absolute Gasteiger partial charge is 0.454 e. The summed E-state index contributed by atoms with van der Waals surface area (Å²) >= 11 is 0. The molecule has 18 heavy (non-hydrogen) atoms. The fraction of sp³-hybridized carbons (Fsp3) is 0.0714. The molecule has 0 aromatic heterocycles. The minimum absolute atomic E-state index is 0.0685. The van der Waals surface area contributed by atoms with E-state index in [1.54, 1.807) is 18.2 Å². The highest BCUT2D eigenvalue weighted by Crippen LogP contribution is 2.27. The maximum absolute atomic E-state index is 13.6. The van der Waals surface area contributed by atoms with E-state index in [0.717, 1.165) is 11.6 Å². The van der Waals surface area contributed by atoms with Crippen molar-refractivity contribution >= 4 is 5.69 Å². The Kier molecular flexibility index (Phi) is 3.16. The lowest BCUT2D eigenvalue weighted by Crippen LogP contribution is -1.92. The van der Waals surface area contributed by atoms with Crippen molar-refractivity contribution in [1.29, 1.82) is 5.26 Å². The van der Waals surface area contributed by atoms with E-state index in [1.807, 2.05) is 13.0 Å². The summed E-state index contributed by atoms with van der Waals surface area (Å²) in [6.07, 6.45) is 0. The zero-order chi connectivity index (χ0) is 13.1. The van der Waals surface area contributed by atoms with Crippen molar-refractivity contribution in [1.82, 2.24) is 0 Å². The van der Waals surface area contributed by atoms with Gasteiger partial charge in [-0.2, -0.15) is 5.26 Å². The summed E-state index contributed by atoms with van der Waals surface area (Å²) < 4.78 is 19.0. The molecule has 0 saturated carbocycles. The van der Waals surface area contributed by atoms with Gasteiger partial charge in [0.25, 0.3) is 0 Å². The molecule has 0 spiro atoms. The summed E-state index contributed by atoms with van der Waals surface area (Å²) in [6.45, 7) is 1.87. The molecule has 0 aliphatic heterocycles. The molecule has 0 radical (unpaired) electrons. The Morgan fingerprint density at radius 1 is 1.22 bits per heavy atom. The van der Waals surface area contributed by atoms with Gasteiger partial charge < -0.3 is 10.5 Å². The SMILES string of the molecule is Cc1cc(N)cc(Oc2ccc(C#N)cc2F)c1. The Morgan fingerprint density at radius 3 is 2.61 bits per heavy atom. The van der Waals surface area contributed by atoms with Gasteiger partial charge in [0.1, 0.15) is 5.75 Å². The molecule has 0 heterocycles. The second kappa shape index (κ2) is 4.76. The molecule has 2 aromatic carbocycles. The van der Waals surface area contributed by atoms with Gasteiger partial charge in [0.15, 0.2) is 11.6 Å². The monoisotopic (exact) mass is 242 g/mol. The first-order valence-corrected chi connectivity index (χ1v) is 5.33. The normalized spacial score (nSPS) is 9.83. The number of anilines is 1. The van der Waals surface area contributed by atoms with Crippen molar-refractivity contribution < 1.29 is 9.13 Å². The number of nitriles is 1. The van der Waals surface area contributed by atoms with E-state index in [-0.39, 0.29) is 11.3 Å². The molecule has 90 valence electrons. The van der Waals surface area contributed by atoms with E-state index < -0.39 is 5.82 Å². The number of halogens is 1. The van der Waals surface area contributed by atoms with Crippen molar-refractivity contribution in [2.45, 2.75) is 6.92 Å². The molecule has 0 unspecified atom stereocenters. The van der Waals surface area contributed by atoms with Crippen LogP contribution in [0, 0.1) is 24.1 Å². The van der Waals surface area contributed by atoms with E-state index in [9.17, 15) is 4.39 Å². The summed E-state index contributed by atoms with van der Waals surface area (Å²) in [7, 11) is 0. The predicted octanol–water partition coefficient (Wildman–Crippen LogP) is 3.38. The molecular weight excluding hydrogens is 231 g/mol. The Bertz CT molecular complexity index is 612. The standard InChI is InChI=1S/C14H11FN2O/c1-9-4-11(17)7-12(5-9)18-14-3-2-10(8-16)6-13(14)15/h2-7H,17H2,1H3. The van der Waals surface area contributed by atoms with Crippen LogP contribution < -0.4 is 10.5 Å². The molecule has 2 N–H and O–H groups in total. The first kappa shape index (κ1) is 11.9. The third-order valence-electron chi connectivity index (χ3n) is 2.36. The fourth-order valence-electron chi connectivity index (χ4n) is 1.62. The summed E-state index contributed by atoms with van der Waals surface area (Å²) in [5.41, 5.74) is 7.42. The average Bonchev–Trinajstić information content (AvgIpc) is 2.30. The molecule has 4 heteroatoms. The van der Waals surface area contributed by atoms with Gasteiger partial charge in [-0.05, 0) is 42.8 Å². The third-order valence-corrected chi connectivity index (χ3v) is 2.36. The summed E-state index contributed by atoms with van der Waals surface area (Å²) in [5.74, 6) is -0.0377. The average molecular weight is 242 g/mol. The van der Waals surface area contributed by atoms with E-state index in [1.165, 1.54) is 12.1 Å². The second-order valence-electron chi connectivity index (χ2n) is 3.94. The Labute approximate surface area is 104 Å². The molecule has 0 aliphatic rings. The van der Waals surface area contributed by atoms with Gasteiger partial charge in [0.05, 0.1) is 11.6 Å². The van der Waals surface area contributed by atoms with Gasteiger partial charge in [-0.1, -0.05) is 0 Å². The van der Waals surface area contributed by atoms with Crippen LogP contribution in [0.2, 0.25) is 0 Å². The predicted molar refractivity (Wildman–Crippen MR) is 66.8 cm³/mol. The number of aryl methyl sites for hydroxylation is 1. The Balaban J connectivity index is 2.31. The van der Waals surface area contributed by atoms with Crippen LogP contribution >= 0.6 is 0 Å². The molecule has 0 aliphatic carbocycles. The van der Waals surface area contributed by atoms with Crippen molar-refractivity contribution in [3.8, 4) is 17.6 Å². The van der Waals surface area contributed by atoms with Crippen LogP contribution in [-0.2, 0) is 0 Å². The Morgan fingerprint density at radius 2 is 2.00 bits per heavy atom. The van der Waals surface area contributed by atoms with Crippen LogP contribution in [0.3, 0.4) is 0 Å². The molecule has 0 bridgehead atoms. The zero-order valence-corrected chi connectivity index (χ0v) is 9.77. The molecule has 0 fully saturated rings. The minimum atomic E-state index is -0.575. The van der Waals surface area contributed by atoms with Crippen LogP contribution in [-0.4, -0.2) is 0 Å². The number of nitrogen functional groups attached to an aromatic ring is 1. The number of rotatable bonds is 2. The summed E-state index contributed by atoms with van der Waals surface area (Å²) in [4.78, 5) is 0. The van der Waals surface area contributed by atoms with Gasteiger partial charge >= 0.3 is 0 Å². The second-order valence-corrected chi connectivity index (χ2v) is 3.94. The van der Waals surface area contributed by atoms with Gasteiger partial charge in [-0.3, -0.25) is 0 Å². The summed E-state index contributed by atoms with van der Waals surface area (Å²) in [6, 6.07) is 11.1. The van der Waals surface area contributed by atoms with Crippen LogP contribution in [0.25, 0.3) is 0 Å². The zero-order valence-electron chi connectivity index (χ0n) is 9.77. The van der Waals surface area contributed by atoms with Crippen molar-refractivity contribution in [3.05, 3.63) is 53.3 Å². The molecule has 3 nitrogen and oxygen atoms in total. The quantitative estimate of drug-likeness (QED) is 0.821. The van der Waals surface area contributed by atoms with Crippen molar-refractivity contribution in [2.75, 3.05) is 5.73 Å². The molecular formula is C14H11FN2O. The molecule has 0 saturated heterocycles. The lowest BCUT2D eigenvalue weighted by molar-refractivity contribution is 0.442. The van der Waals surface area contributed by atoms with Gasteiger partial charge in [0.2, 0.25) is 0 Å². The smallest absolute Gasteiger partial charge is 0.167 e. The molecule has 0 amide bonds. The van der Waals surface area contributed by atoms with Crippen LogP contribution in [0.5, 0.6) is 11.5 Å². The number of hydrogen-bond donors (Lipinski definition) is 1. The number of hydrogen-bond acceptors (Lipinski definition) is 3. The Hall–Kier alpha value is -2.54. The van der Waals surface area contributed by atoms with Crippen LogP contribution in [0.15, 0.2) is 36.4 Å². The first-order valence-electron chi connectivity index (χ1n) is 5.33. The number of nitrogens with zero attached hydrogens (tertiary/aromatic N) is 1. The van der Waals surface area contributed by atoms with Crippen molar-refractivity contribution in [2.24, 2.45) is 0 Å². The minimum Gasteiger partial charge on any atom is -0.454 e. The van der Waals surface area contributed by atoms with Gasteiger partial charge in [-0.15, -0.1) is 0 Å². The maximum Gasteiger partial charge on any atom is 0.167 e. The third kappa shape index (κ3) is 2.58. The number of ether oxygens (including phenoxy) is 1. The maximum atomic E-state index is 13.6. The van der Waals surface area contributed by atoms with E-state index in [0.29, 0.717) is 11.4 Å². The molecule has 2 rings (SSSR count). The number of benzene rings is 2. The highest BCUT2D eigenvalue weighted by atomic mass is 19.1. The molecule has 0 atom stereocenters. The van der Waals surface area contributed by atoms with E-state index in [4.69, 9.17) is 15.7 Å². The summed E-state index contributed by atoms with van der Waals surface area (Å²) in [5, 5.41) is 8.64. The van der Waals surface area contributed by atoms with Crippen LogP contribution in [0.4, 0.5) is 10.1 Å². The van der Waals surface area contributed by atoms with Crippen molar-refractivity contribution in [3.63, 3.8) is 0 Å². The lowest BCUT2D eigenvalue weighted by atomic mass is 10.2. The van der Waals surface area contributed by atoms with Gasteiger partial charge in [0, 0.05) is 11.8 Å².